The third kappa shape index (κ3) is 5.96. The largest absolute Gasteiger partial charge is 0.352 e. The Morgan fingerprint density at radius 1 is 1.29 bits per heavy atom. The fourth-order valence-electron chi connectivity index (χ4n) is 2.04. The van der Waals surface area contributed by atoms with Crippen LogP contribution in [0, 0.1) is 0 Å². The Morgan fingerprint density at radius 2 is 1.96 bits per heavy atom. The highest BCUT2D eigenvalue weighted by molar-refractivity contribution is 7.90. The summed E-state index contributed by atoms with van der Waals surface area (Å²) >= 11 is 11.8. The lowest BCUT2D eigenvalue weighted by Crippen LogP contribution is -2.48. The molecule has 1 atom stereocenters. The Kier molecular flexibility index (Phi) is 6.11. The van der Waals surface area contributed by atoms with Gasteiger partial charge in [-0.15, -0.1) is 0 Å². The van der Waals surface area contributed by atoms with Gasteiger partial charge in [0.1, 0.15) is 15.9 Å². The van der Waals surface area contributed by atoms with Crippen LogP contribution in [0.5, 0.6) is 0 Å². The van der Waals surface area contributed by atoms with E-state index in [0.717, 1.165) is 19.1 Å². The molecule has 9 heteroatoms. The van der Waals surface area contributed by atoms with Crippen molar-refractivity contribution < 1.29 is 18.0 Å². The summed E-state index contributed by atoms with van der Waals surface area (Å²) in [5.41, 5.74) is 0.171. The second-order valence-electron chi connectivity index (χ2n) is 5.85. The number of benzene rings is 1. The molecule has 0 radical (unpaired) electrons. The highest BCUT2D eigenvalue weighted by Crippen LogP contribution is 2.21. The van der Waals surface area contributed by atoms with Gasteiger partial charge in [0.15, 0.2) is 0 Å². The number of hydrogen-bond acceptors (Lipinski definition) is 4. The molecule has 0 aromatic heterocycles. The van der Waals surface area contributed by atoms with Crippen LogP contribution < -0.4 is 10.6 Å². The van der Waals surface area contributed by atoms with Gasteiger partial charge in [-0.2, -0.15) is 0 Å². The number of hydrogen-bond donors (Lipinski definition) is 2. The number of rotatable bonds is 7. The number of amides is 2. The lowest BCUT2D eigenvalue weighted by atomic mass is 10.1. The van der Waals surface area contributed by atoms with E-state index in [1.807, 2.05) is 0 Å². The minimum atomic E-state index is -3.25. The summed E-state index contributed by atoms with van der Waals surface area (Å²) in [5.74, 6) is -1.15. The molecule has 0 heterocycles. The Morgan fingerprint density at radius 3 is 2.50 bits per heavy atom. The first-order valence-electron chi connectivity index (χ1n) is 7.40. The Bertz CT molecular complexity index is 748. The van der Waals surface area contributed by atoms with Crippen molar-refractivity contribution in [3.8, 4) is 0 Å². The first-order valence-corrected chi connectivity index (χ1v) is 10.2. The molecule has 0 saturated heterocycles. The van der Waals surface area contributed by atoms with Gasteiger partial charge in [-0.25, -0.2) is 8.42 Å². The molecule has 1 aliphatic rings. The highest BCUT2D eigenvalue weighted by atomic mass is 35.5. The van der Waals surface area contributed by atoms with Crippen molar-refractivity contribution >= 4 is 44.9 Å². The second-order valence-corrected chi connectivity index (χ2v) is 8.96. The van der Waals surface area contributed by atoms with Gasteiger partial charge < -0.3 is 10.6 Å². The summed E-state index contributed by atoms with van der Waals surface area (Å²) in [4.78, 5) is 24.6. The zero-order valence-corrected chi connectivity index (χ0v) is 15.3. The molecular weight excluding hydrogens is 375 g/mol. The molecule has 1 aromatic rings. The van der Waals surface area contributed by atoms with Gasteiger partial charge in [-0.3, -0.25) is 9.59 Å². The molecule has 0 bridgehead atoms. The van der Waals surface area contributed by atoms with Crippen LogP contribution >= 0.6 is 23.2 Å². The van der Waals surface area contributed by atoms with Crippen LogP contribution in [0.3, 0.4) is 0 Å². The smallest absolute Gasteiger partial charge is 0.253 e. The zero-order valence-electron chi connectivity index (χ0n) is 13.0. The van der Waals surface area contributed by atoms with Crippen molar-refractivity contribution in [3.63, 3.8) is 0 Å². The van der Waals surface area contributed by atoms with Crippen molar-refractivity contribution in [2.45, 2.75) is 31.3 Å². The van der Waals surface area contributed by atoms with E-state index in [1.54, 1.807) is 0 Å². The van der Waals surface area contributed by atoms with Crippen molar-refractivity contribution in [1.29, 1.82) is 0 Å². The maximum absolute atomic E-state index is 12.3. The monoisotopic (exact) mass is 392 g/mol. The standard InChI is InChI=1S/C15H18Cl2N2O4S/c1-24(22,23)7-6-13(15(21)18-10-3-4-10)19-14(20)11-5-2-9(16)8-12(11)17/h2,5,8,10,13H,3-4,6-7H2,1H3,(H,18,21)(H,19,20)/t13-/m1/s1. The molecule has 0 aliphatic heterocycles. The number of halogens is 2. The number of carbonyl (C=O) groups is 2. The lowest BCUT2D eigenvalue weighted by molar-refractivity contribution is -0.123. The maximum Gasteiger partial charge on any atom is 0.253 e. The van der Waals surface area contributed by atoms with Gasteiger partial charge in [0, 0.05) is 17.3 Å². The highest BCUT2D eigenvalue weighted by Gasteiger charge is 2.29. The molecule has 24 heavy (non-hydrogen) atoms. The number of carbonyl (C=O) groups excluding carboxylic acids is 2. The van der Waals surface area contributed by atoms with Crippen molar-refractivity contribution in [3.05, 3.63) is 33.8 Å². The van der Waals surface area contributed by atoms with Crippen LogP contribution in [-0.2, 0) is 14.6 Å². The van der Waals surface area contributed by atoms with Crippen LogP contribution in [0.25, 0.3) is 0 Å². The van der Waals surface area contributed by atoms with Crippen molar-refractivity contribution in [1.82, 2.24) is 10.6 Å². The third-order valence-corrected chi connectivity index (χ3v) is 5.02. The van der Waals surface area contributed by atoms with E-state index < -0.39 is 21.8 Å². The summed E-state index contributed by atoms with van der Waals surface area (Å²) in [6.07, 6.45) is 2.86. The predicted molar refractivity (Wildman–Crippen MR) is 93.2 cm³/mol. The Hall–Kier alpha value is -1.31. The minimum Gasteiger partial charge on any atom is -0.352 e. The fraction of sp³-hybridized carbons (Fsp3) is 0.467. The van der Waals surface area contributed by atoms with Gasteiger partial charge in [-0.1, -0.05) is 23.2 Å². The quantitative estimate of drug-likeness (QED) is 0.739. The van der Waals surface area contributed by atoms with Crippen LogP contribution in [0.15, 0.2) is 18.2 Å². The van der Waals surface area contributed by atoms with Gasteiger partial charge in [0.2, 0.25) is 5.91 Å². The molecule has 0 unspecified atom stereocenters. The van der Waals surface area contributed by atoms with E-state index in [9.17, 15) is 18.0 Å². The zero-order chi connectivity index (χ0) is 17.9. The number of nitrogens with one attached hydrogen (secondary N) is 2. The van der Waals surface area contributed by atoms with E-state index in [4.69, 9.17) is 23.2 Å². The molecule has 0 spiro atoms. The number of sulfone groups is 1. The van der Waals surface area contributed by atoms with Gasteiger partial charge in [0.05, 0.1) is 16.3 Å². The molecule has 2 N–H and O–H groups in total. The van der Waals surface area contributed by atoms with E-state index >= 15 is 0 Å². The molecule has 2 rings (SSSR count). The van der Waals surface area contributed by atoms with Gasteiger partial charge in [-0.05, 0) is 37.5 Å². The van der Waals surface area contributed by atoms with E-state index in [-0.39, 0.29) is 34.7 Å². The fourth-order valence-corrected chi connectivity index (χ4v) is 3.20. The molecule has 1 aromatic carbocycles. The van der Waals surface area contributed by atoms with E-state index in [1.165, 1.54) is 18.2 Å². The molecule has 1 fully saturated rings. The molecule has 6 nitrogen and oxygen atoms in total. The normalized spacial score (nSPS) is 15.6. The van der Waals surface area contributed by atoms with Crippen LogP contribution in [-0.4, -0.2) is 44.3 Å². The second kappa shape index (κ2) is 7.72. The Balaban J connectivity index is 2.10. The van der Waals surface area contributed by atoms with Crippen molar-refractivity contribution in [2.24, 2.45) is 0 Å². The SMILES string of the molecule is CS(=O)(=O)CC[C@@H](NC(=O)c1ccc(Cl)cc1Cl)C(=O)NC1CC1. The van der Waals surface area contributed by atoms with Crippen LogP contribution in [0.4, 0.5) is 0 Å². The average molecular weight is 393 g/mol. The Labute approximate surface area is 150 Å². The van der Waals surface area contributed by atoms with Crippen LogP contribution in [0.2, 0.25) is 10.0 Å². The van der Waals surface area contributed by atoms with Gasteiger partial charge >= 0.3 is 0 Å². The summed E-state index contributed by atoms with van der Waals surface area (Å²) in [6, 6.07) is 3.55. The summed E-state index contributed by atoms with van der Waals surface area (Å²) in [5, 5.41) is 5.87. The lowest BCUT2D eigenvalue weighted by Gasteiger charge is -2.18. The predicted octanol–water partition coefficient (Wildman–Crippen LogP) is 1.81. The molecule has 2 amide bonds. The molecule has 1 saturated carbocycles. The van der Waals surface area contributed by atoms with E-state index in [2.05, 4.69) is 10.6 Å². The first kappa shape index (κ1) is 19.0. The molecular formula is C15H18Cl2N2O4S. The topological polar surface area (TPSA) is 92.3 Å². The third-order valence-electron chi connectivity index (χ3n) is 3.50. The summed E-state index contributed by atoms with van der Waals surface area (Å²) < 4.78 is 22.7. The van der Waals surface area contributed by atoms with E-state index in [0.29, 0.717) is 5.02 Å². The first-order chi connectivity index (χ1) is 11.2. The van der Waals surface area contributed by atoms with Crippen LogP contribution in [0.1, 0.15) is 29.6 Å². The minimum absolute atomic E-state index is 0.00562. The average Bonchev–Trinajstić information content (AvgIpc) is 3.25. The van der Waals surface area contributed by atoms with Gasteiger partial charge in [0.25, 0.3) is 5.91 Å². The maximum atomic E-state index is 12.3. The van der Waals surface area contributed by atoms with Crippen molar-refractivity contribution in [2.75, 3.05) is 12.0 Å². The molecule has 132 valence electrons. The molecule has 1 aliphatic carbocycles. The summed E-state index contributed by atoms with van der Waals surface area (Å²) in [6.45, 7) is 0. The summed E-state index contributed by atoms with van der Waals surface area (Å²) in [7, 11) is -3.25.